The molecule has 9 nitrogen and oxygen atoms in total. The van der Waals surface area contributed by atoms with Crippen LogP contribution in [-0.4, -0.2) is 49.8 Å². The van der Waals surface area contributed by atoms with Crippen LogP contribution in [0.2, 0.25) is 0 Å². The maximum Gasteiger partial charge on any atom is 0.324 e. The standard InChI is InChI=1S/C21H21NO8/c22-21(20(29)30,16(19(27)28)13-9-5-2-6-10-13)11-14(17(23)24)15(18(25)26)12-7-3-1-4-8-12/h1-10,14-16H,11,22H2,(H,23,24)(H,25,26)(H,27,28)(H,29,30)/t14?,15?,16?,21-/m1/s1. The number of rotatable bonds is 10. The minimum absolute atomic E-state index is 0.0608. The fraction of sp³-hybridized carbons (Fsp3) is 0.238. The van der Waals surface area contributed by atoms with Crippen molar-refractivity contribution in [3.63, 3.8) is 0 Å². The van der Waals surface area contributed by atoms with Crippen LogP contribution in [0.5, 0.6) is 0 Å². The van der Waals surface area contributed by atoms with Crippen LogP contribution >= 0.6 is 0 Å². The Balaban J connectivity index is 2.59. The molecule has 9 heteroatoms. The van der Waals surface area contributed by atoms with Gasteiger partial charge in [-0.25, -0.2) is 0 Å². The zero-order valence-electron chi connectivity index (χ0n) is 15.7. The number of aliphatic carboxylic acids is 4. The first-order chi connectivity index (χ1) is 14.1. The molecular formula is C21H21NO8. The highest BCUT2D eigenvalue weighted by Crippen LogP contribution is 2.38. The molecule has 6 N–H and O–H groups in total. The van der Waals surface area contributed by atoms with Crippen LogP contribution in [0.25, 0.3) is 0 Å². The highest BCUT2D eigenvalue weighted by atomic mass is 16.4. The Morgan fingerprint density at radius 1 is 0.733 bits per heavy atom. The lowest BCUT2D eigenvalue weighted by molar-refractivity contribution is -0.157. The van der Waals surface area contributed by atoms with Crippen molar-refractivity contribution in [2.75, 3.05) is 0 Å². The number of carbonyl (C=O) groups is 4. The van der Waals surface area contributed by atoms with Crippen molar-refractivity contribution in [2.45, 2.75) is 23.8 Å². The molecule has 0 bridgehead atoms. The fourth-order valence-corrected chi connectivity index (χ4v) is 3.55. The van der Waals surface area contributed by atoms with Crippen molar-refractivity contribution in [2.24, 2.45) is 11.7 Å². The van der Waals surface area contributed by atoms with E-state index in [0.717, 1.165) is 0 Å². The molecule has 0 fully saturated rings. The second-order valence-electron chi connectivity index (χ2n) is 6.90. The average Bonchev–Trinajstić information content (AvgIpc) is 2.68. The van der Waals surface area contributed by atoms with Gasteiger partial charge in [-0.05, 0) is 17.5 Å². The first-order valence-corrected chi connectivity index (χ1v) is 8.90. The minimum Gasteiger partial charge on any atom is -0.481 e. The van der Waals surface area contributed by atoms with E-state index in [1.807, 2.05) is 0 Å². The van der Waals surface area contributed by atoms with Crippen LogP contribution in [0, 0.1) is 5.92 Å². The summed E-state index contributed by atoms with van der Waals surface area (Å²) >= 11 is 0. The predicted octanol–water partition coefficient (Wildman–Crippen LogP) is 1.60. The van der Waals surface area contributed by atoms with Gasteiger partial charge in [0.05, 0.1) is 11.8 Å². The van der Waals surface area contributed by atoms with Gasteiger partial charge in [0.2, 0.25) is 0 Å². The van der Waals surface area contributed by atoms with Crippen molar-refractivity contribution >= 4 is 23.9 Å². The molecule has 0 aliphatic rings. The van der Waals surface area contributed by atoms with Crippen LogP contribution in [0.4, 0.5) is 0 Å². The molecule has 158 valence electrons. The summed E-state index contributed by atoms with van der Waals surface area (Å²) in [5.74, 6) is -11.6. The SMILES string of the molecule is N[C@@](CC(C(=O)O)C(C(=O)O)c1ccccc1)(C(=O)O)C(C(=O)O)c1ccccc1. The van der Waals surface area contributed by atoms with Crippen molar-refractivity contribution in [3.05, 3.63) is 71.8 Å². The molecule has 2 aromatic carbocycles. The zero-order chi connectivity index (χ0) is 22.5. The smallest absolute Gasteiger partial charge is 0.324 e. The Bertz CT molecular complexity index is 931. The molecule has 2 rings (SSSR count). The summed E-state index contributed by atoms with van der Waals surface area (Å²) in [7, 11) is 0. The van der Waals surface area contributed by atoms with E-state index in [1.54, 1.807) is 12.1 Å². The minimum atomic E-state index is -2.58. The number of carboxylic acid groups (broad SMARTS) is 4. The summed E-state index contributed by atoms with van der Waals surface area (Å²) in [6.45, 7) is 0. The Hall–Kier alpha value is -3.72. The Morgan fingerprint density at radius 2 is 1.20 bits per heavy atom. The van der Waals surface area contributed by atoms with E-state index in [0.29, 0.717) is 0 Å². The van der Waals surface area contributed by atoms with Gasteiger partial charge in [0, 0.05) is 0 Å². The van der Waals surface area contributed by atoms with E-state index in [4.69, 9.17) is 5.73 Å². The summed E-state index contributed by atoms with van der Waals surface area (Å²) in [6.07, 6.45) is -0.921. The van der Waals surface area contributed by atoms with Crippen LogP contribution in [0.1, 0.15) is 29.4 Å². The van der Waals surface area contributed by atoms with Gasteiger partial charge < -0.3 is 26.2 Å². The monoisotopic (exact) mass is 415 g/mol. The van der Waals surface area contributed by atoms with Gasteiger partial charge in [-0.3, -0.25) is 19.2 Å². The quantitative estimate of drug-likeness (QED) is 0.386. The third kappa shape index (κ3) is 4.64. The number of carboxylic acids is 4. The van der Waals surface area contributed by atoms with Crippen molar-refractivity contribution in [1.29, 1.82) is 0 Å². The molecule has 0 amide bonds. The van der Waals surface area contributed by atoms with Gasteiger partial charge >= 0.3 is 23.9 Å². The normalized spacial score (nSPS) is 15.9. The number of benzene rings is 2. The molecule has 0 saturated carbocycles. The molecule has 2 aromatic rings. The highest BCUT2D eigenvalue weighted by molar-refractivity contribution is 5.92. The molecule has 0 spiro atoms. The molecular weight excluding hydrogens is 394 g/mol. The van der Waals surface area contributed by atoms with Crippen LogP contribution < -0.4 is 5.73 Å². The van der Waals surface area contributed by atoms with E-state index in [9.17, 15) is 39.6 Å². The van der Waals surface area contributed by atoms with Gasteiger partial charge in [-0.1, -0.05) is 60.7 Å². The average molecular weight is 415 g/mol. The third-order valence-electron chi connectivity index (χ3n) is 5.00. The molecule has 0 heterocycles. The lowest BCUT2D eigenvalue weighted by atomic mass is 9.70. The van der Waals surface area contributed by atoms with Gasteiger partial charge in [0.1, 0.15) is 11.5 Å². The molecule has 0 radical (unpaired) electrons. The number of hydrogen-bond donors (Lipinski definition) is 5. The second-order valence-corrected chi connectivity index (χ2v) is 6.90. The van der Waals surface area contributed by atoms with E-state index < -0.39 is 53.6 Å². The summed E-state index contributed by atoms with van der Waals surface area (Å²) in [5, 5.41) is 38.9. The lowest BCUT2D eigenvalue weighted by Crippen LogP contribution is -2.57. The molecule has 3 unspecified atom stereocenters. The van der Waals surface area contributed by atoms with E-state index in [2.05, 4.69) is 0 Å². The molecule has 0 aliphatic heterocycles. The maximum absolute atomic E-state index is 12.1. The number of hydrogen-bond acceptors (Lipinski definition) is 5. The van der Waals surface area contributed by atoms with Crippen LogP contribution in [0.15, 0.2) is 60.7 Å². The van der Waals surface area contributed by atoms with Crippen molar-refractivity contribution in [1.82, 2.24) is 0 Å². The van der Waals surface area contributed by atoms with E-state index >= 15 is 0 Å². The molecule has 30 heavy (non-hydrogen) atoms. The molecule has 4 atom stereocenters. The molecule has 0 aromatic heterocycles. The molecule has 0 saturated heterocycles. The highest BCUT2D eigenvalue weighted by Gasteiger charge is 2.52. The fourth-order valence-electron chi connectivity index (χ4n) is 3.55. The van der Waals surface area contributed by atoms with Crippen molar-refractivity contribution < 1.29 is 39.6 Å². The second kappa shape index (κ2) is 9.19. The van der Waals surface area contributed by atoms with Crippen LogP contribution in [0.3, 0.4) is 0 Å². The van der Waals surface area contributed by atoms with Gasteiger partial charge in [-0.15, -0.1) is 0 Å². The van der Waals surface area contributed by atoms with Crippen LogP contribution in [-0.2, 0) is 19.2 Å². The lowest BCUT2D eigenvalue weighted by Gasteiger charge is -2.34. The first kappa shape index (κ1) is 22.6. The summed E-state index contributed by atoms with van der Waals surface area (Å²) in [6, 6.07) is 14.8. The Labute approximate surface area is 171 Å². The Kier molecular flexibility index (Phi) is 6.91. The summed E-state index contributed by atoms with van der Waals surface area (Å²) < 4.78 is 0. The Morgan fingerprint density at radius 3 is 1.57 bits per heavy atom. The molecule has 0 aliphatic carbocycles. The van der Waals surface area contributed by atoms with Crippen molar-refractivity contribution in [3.8, 4) is 0 Å². The van der Waals surface area contributed by atoms with Gasteiger partial charge in [0.25, 0.3) is 0 Å². The summed E-state index contributed by atoms with van der Waals surface area (Å²) in [5.41, 5.74) is 3.65. The third-order valence-corrected chi connectivity index (χ3v) is 5.00. The maximum atomic E-state index is 12.1. The first-order valence-electron chi connectivity index (χ1n) is 8.90. The zero-order valence-corrected chi connectivity index (χ0v) is 15.7. The summed E-state index contributed by atoms with van der Waals surface area (Å²) in [4.78, 5) is 48.0. The van der Waals surface area contributed by atoms with E-state index in [1.165, 1.54) is 48.5 Å². The number of nitrogens with two attached hydrogens (primary N) is 1. The van der Waals surface area contributed by atoms with E-state index in [-0.39, 0.29) is 11.1 Å². The topological polar surface area (TPSA) is 175 Å². The van der Waals surface area contributed by atoms with Gasteiger partial charge in [0.15, 0.2) is 0 Å². The largest absolute Gasteiger partial charge is 0.481 e. The predicted molar refractivity (Wildman–Crippen MR) is 104 cm³/mol. The van der Waals surface area contributed by atoms with Gasteiger partial charge in [-0.2, -0.15) is 0 Å².